The highest BCUT2D eigenvalue weighted by Crippen LogP contribution is 2.37. The van der Waals surface area contributed by atoms with Crippen LogP contribution < -0.4 is 4.90 Å². The van der Waals surface area contributed by atoms with Crippen molar-refractivity contribution in [3.05, 3.63) is 29.1 Å². The van der Waals surface area contributed by atoms with Gasteiger partial charge in [0.2, 0.25) is 5.91 Å². The first kappa shape index (κ1) is 14.1. The average molecular weight is 340 g/mol. The maximum Gasteiger partial charge on any atom is 0.227 e. The van der Waals surface area contributed by atoms with Gasteiger partial charge in [0.25, 0.3) is 0 Å². The summed E-state index contributed by atoms with van der Waals surface area (Å²) in [5, 5.41) is 1.68. The van der Waals surface area contributed by atoms with Crippen molar-refractivity contribution < 1.29 is 4.79 Å². The molecule has 0 atom stereocenters. The van der Waals surface area contributed by atoms with E-state index in [0.29, 0.717) is 11.0 Å². The molecule has 19 heavy (non-hydrogen) atoms. The Balaban J connectivity index is 2.29. The summed E-state index contributed by atoms with van der Waals surface area (Å²) in [6.07, 6.45) is 4.88. The lowest BCUT2D eigenvalue weighted by atomic mass is 10.3. The highest BCUT2D eigenvalue weighted by molar-refractivity contribution is 9.10. The fourth-order valence-corrected chi connectivity index (χ4v) is 3.34. The van der Waals surface area contributed by atoms with Crippen LogP contribution in [0.15, 0.2) is 29.1 Å². The minimum Gasteiger partial charge on any atom is -0.305 e. The van der Waals surface area contributed by atoms with E-state index in [1.165, 1.54) is 11.3 Å². The van der Waals surface area contributed by atoms with Crippen molar-refractivity contribution in [2.45, 2.75) is 19.8 Å². The van der Waals surface area contributed by atoms with Crippen LogP contribution in [0.2, 0.25) is 0 Å². The van der Waals surface area contributed by atoms with E-state index >= 15 is 0 Å². The smallest absolute Gasteiger partial charge is 0.227 e. The Kier molecular flexibility index (Phi) is 4.66. The zero-order valence-electron chi connectivity index (χ0n) is 10.8. The Labute approximate surface area is 124 Å². The van der Waals surface area contributed by atoms with E-state index in [2.05, 4.69) is 25.9 Å². The second-order valence-electron chi connectivity index (χ2n) is 4.06. The second kappa shape index (κ2) is 6.25. The first-order chi connectivity index (χ1) is 9.13. The SMILES string of the molecule is CCCC(=O)N(C)c1sc(-c2cccnc2)nc1Br. The quantitative estimate of drug-likeness (QED) is 0.852. The lowest BCUT2D eigenvalue weighted by molar-refractivity contribution is -0.118. The molecule has 2 aromatic rings. The van der Waals surface area contributed by atoms with Crippen molar-refractivity contribution in [2.75, 3.05) is 11.9 Å². The molecule has 100 valence electrons. The predicted molar refractivity (Wildman–Crippen MR) is 81.4 cm³/mol. The van der Waals surface area contributed by atoms with Crippen molar-refractivity contribution in [1.29, 1.82) is 0 Å². The average Bonchev–Trinajstić information content (AvgIpc) is 2.81. The number of aromatic nitrogens is 2. The molecule has 0 aliphatic carbocycles. The summed E-state index contributed by atoms with van der Waals surface area (Å²) >= 11 is 4.90. The molecular formula is C13H14BrN3OS. The van der Waals surface area contributed by atoms with Crippen molar-refractivity contribution in [2.24, 2.45) is 0 Å². The summed E-state index contributed by atoms with van der Waals surface area (Å²) in [7, 11) is 1.78. The summed E-state index contributed by atoms with van der Waals surface area (Å²) in [4.78, 5) is 22.1. The van der Waals surface area contributed by atoms with Crippen LogP contribution in [0.25, 0.3) is 10.6 Å². The standard InChI is InChI=1S/C13H14BrN3OS/c1-3-5-10(18)17(2)13-11(14)16-12(19-13)9-6-4-7-15-8-9/h4,6-8H,3,5H2,1-2H3. The molecule has 2 heterocycles. The van der Waals surface area contributed by atoms with E-state index < -0.39 is 0 Å². The molecule has 0 aromatic carbocycles. The Morgan fingerprint density at radius 2 is 2.32 bits per heavy atom. The Morgan fingerprint density at radius 3 is 2.95 bits per heavy atom. The highest BCUT2D eigenvalue weighted by atomic mass is 79.9. The molecule has 0 fully saturated rings. The zero-order valence-corrected chi connectivity index (χ0v) is 13.2. The van der Waals surface area contributed by atoms with Gasteiger partial charge in [0, 0.05) is 31.4 Å². The normalized spacial score (nSPS) is 10.5. The second-order valence-corrected chi connectivity index (χ2v) is 5.79. The van der Waals surface area contributed by atoms with E-state index in [4.69, 9.17) is 0 Å². The monoisotopic (exact) mass is 339 g/mol. The van der Waals surface area contributed by atoms with Gasteiger partial charge in [-0.15, -0.1) is 0 Å². The van der Waals surface area contributed by atoms with Gasteiger partial charge in [-0.05, 0) is 34.5 Å². The van der Waals surface area contributed by atoms with Crippen molar-refractivity contribution in [1.82, 2.24) is 9.97 Å². The van der Waals surface area contributed by atoms with Gasteiger partial charge in [0.1, 0.15) is 14.6 Å². The number of amides is 1. The molecule has 0 aliphatic rings. The molecular weight excluding hydrogens is 326 g/mol. The van der Waals surface area contributed by atoms with E-state index in [0.717, 1.165) is 22.0 Å². The van der Waals surface area contributed by atoms with Crippen LogP contribution in [0.3, 0.4) is 0 Å². The fraction of sp³-hybridized carbons (Fsp3) is 0.308. The maximum absolute atomic E-state index is 11.9. The number of pyridine rings is 1. The summed E-state index contributed by atoms with van der Waals surface area (Å²) in [5.74, 6) is 0.101. The topological polar surface area (TPSA) is 46.1 Å². The third-order valence-electron chi connectivity index (χ3n) is 2.62. The van der Waals surface area contributed by atoms with E-state index in [9.17, 15) is 4.79 Å². The molecule has 0 saturated carbocycles. The molecule has 0 unspecified atom stereocenters. The third kappa shape index (κ3) is 3.19. The Bertz CT molecular complexity index is 571. The van der Waals surface area contributed by atoms with E-state index in [1.807, 2.05) is 19.1 Å². The zero-order chi connectivity index (χ0) is 13.8. The van der Waals surface area contributed by atoms with Crippen LogP contribution >= 0.6 is 27.3 Å². The molecule has 0 spiro atoms. The number of nitrogens with zero attached hydrogens (tertiary/aromatic N) is 3. The molecule has 0 radical (unpaired) electrons. The molecule has 1 amide bonds. The van der Waals surface area contributed by atoms with Crippen LogP contribution in [0.5, 0.6) is 0 Å². The molecule has 2 aromatic heterocycles. The molecule has 0 bridgehead atoms. The fourth-order valence-electron chi connectivity index (χ4n) is 1.61. The number of anilines is 1. The molecule has 4 nitrogen and oxygen atoms in total. The highest BCUT2D eigenvalue weighted by Gasteiger charge is 2.18. The molecule has 0 N–H and O–H groups in total. The van der Waals surface area contributed by atoms with Crippen molar-refractivity contribution >= 4 is 38.2 Å². The number of hydrogen-bond acceptors (Lipinski definition) is 4. The van der Waals surface area contributed by atoms with Gasteiger partial charge in [-0.25, -0.2) is 4.98 Å². The number of carbonyl (C=O) groups is 1. The van der Waals surface area contributed by atoms with Gasteiger partial charge < -0.3 is 4.90 Å². The number of halogens is 1. The molecule has 0 saturated heterocycles. The number of hydrogen-bond donors (Lipinski definition) is 0. The van der Waals surface area contributed by atoms with Gasteiger partial charge in [0.05, 0.1) is 0 Å². The molecule has 2 rings (SSSR count). The van der Waals surface area contributed by atoms with Crippen molar-refractivity contribution in [3.8, 4) is 10.6 Å². The number of carbonyl (C=O) groups excluding carboxylic acids is 1. The van der Waals surface area contributed by atoms with Crippen LogP contribution in [0.1, 0.15) is 19.8 Å². The minimum atomic E-state index is 0.101. The predicted octanol–water partition coefficient (Wildman–Crippen LogP) is 3.73. The molecule has 0 aliphatic heterocycles. The molecule has 6 heteroatoms. The maximum atomic E-state index is 11.9. The van der Waals surface area contributed by atoms with Crippen LogP contribution in [-0.4, -0.2) is 22.9 Å². The third-order valence-corrected chi connectivity index (χ3v) is 4.62. The number of thiazole rings is 1. The largest absolute Gasteiger partial charge is 0.305 e. The van der Waals surface area contributed by atoms with Crippen LogP contribution in [0, 0.1) is 0 Å². The van der Waals surface area contributed by atoms with Gasteiger partial charge >= 0.3 is 0 Å². The first-order valence-electron chi connectivity index (χ1n) is 5.96. The van der Waals surface area contributed by atoms with Gasteiger partial charge in [0.15, 0.2) is 0 Å². The van der Waals surface area contributed by atoms with E-state index in [1.54, 1.807) is 24.3 Å². The van der Waals surface area contributed by atoms with Gasteiger partial charge in [-0.2, -0.15) is 0 Å². The van der Waals surface area contributed by atoms with Gasteiger partial charge in [-0.3, -0.25) is 9.78 Å². The van der Waals surface area contributed by atoms with Crippen LogP contribution in [-0.2, 0) is 4.79 Å². The Hall–Kier alpha value is -1.27. The van der Waals surface area contributed by atoms with Gasteiger partial charge in [-0.1, -0.05) is 18.3 Å². The summed E-state index contributed by atoms with van der Waals surface area (Å²) < 4.78 is 0.698. The number of rotatable bonds is 4. The summed E-state index contributed by atoms with van der Waals surface area (Å²) in [5.41, 5.74) is 0.954. The first-order valence-corrected chi connectivity index (χ1v) is 7.57. The van der Waals surface area contributed by atoms with E-state index in [-0.39, 0.29) is 5.91 Å². The van der Waals surface area contributed by atoms with Crippen LogP contribution in [0.4, 0.5) is 5.00 Å². The lowest BCUT2D eigenvalue weighted by Crippen LogP contribution is -2.25. The summed E-state index contributed by atoms with van der Waals surface area (Å²) in [6.45, 7) is 1.99. The minimum absolute atomic E-state index is 0.101. The Morgan fingerprint density at radius 1 is 1.53 bits per heavy atom. The lowest BCUT2D eigenvalue weighted by Gasteiger charge is -2.14. The van der Waals surface area contributed by atoms with Crippen molar-refractivity contribution in [3.63, 3.8) is 0 Å². The summed E-state index contributed by atoms with van der Waals surface area (Å²) in [6, 6.07) is 3.83.